The zero-order valence-corrected chi connectivity index (χ0v) is 6.29. The molecule has 0 aromatic carbocycles. The van der Waals surface area contributed by atoms with Crippen molar-refractivity contribution in [1.29, 1.82) is 0 Å². The van der Waals surface area contributed by atoms with Crippen LogP contribution >= 0.6 is 0 Å². The Kier molecular flexibility index (Phi) is 2.50. The summed E-state index contributed by atoms with van der Waals surface area (Å²) in [7, 11) is 0. The van der Waals surface area contributed by atoms with Crippen LogP contribution in [0.15, 0.2) is 0 Å². The summed E-state index contributed by atoms with van der Waals surface area (Å²) in [5, 5.41) is 8.82. The molecule has 1 rings (SSSR count). The van der Waals surface area contributed by atoms with Crippen LogP contribution in [0.25, 0.3) is 0 Å². The molecule has 0 saturated carbocycles. The van der Waals surface area contributed by atoms with Crippen molar-refractivity contribution in [3.8, 4) is 12.3 Å². The number of aliphatic hydroxyl groups excluding tert-OH is 1. The lowest BCUT2D eigenvalue weighted by molar-refractivity contribution is -0.126. The molecule has 1 amide bonds. The van der Waals surface area contributed by atoms with Gasteiger partial charge in [-0.1, -0.05) is 0 Å². The predicted octanol–water partition coefficient (Wildman–Crippen LogP) is -0.397. The summed E-state index contributed by atoms with van der Waals surface area (Å²) in [6, 6.07) is -0.0430. The van der Waals surface area contributed by atoms with E-state index in [1.165, 1.54) is 0 Å². The van der Waals surface area contributed by atoms with Crippen molar-refractivity contribution in [3.63, 3.8) is 0 Å². The topological polar surface area (TPSA) is 40.5 Å². The van der Waals surface area contributed by atoms with Crippen molar-refractivity contribution in [1.82, 2.24) is 4.90 Å². The summed E-state index contributed by atoms with van der Waals surface area (Å²) in [6.45, 7) is 0.710. The summed E-state index contributed by atoms with van der Waals surface area (Å²) in [6.07, 6.45) is 6.75. The Morgan fingerprint density at radius 1 is 1.82 bits per heavy atom. The Hall–Kier alpha value is -1.01. The van der Waals surface area contributed by atoms with Crippen LogP contribution in [0.2, 0.25) is 0 Å². The van der Waals surface area contributed by atoms with Crippen molar-refractivity contribution < 1.29 is 9.90 Å². The first-order chi connectivity index (χ1) is 5.29. The van der Waals surface area contributed by atoms with Crippen molar-refractivity contribution in [2.75, 3.05) is 13.2 Å². The van der Waals surface area contributed by atoms with Crippen LogP contribution < -0.4 is 0 Å². The maximum atomic E-state index is 11.0. The molecule has 0 aromatic rings. The average Bonchev–Trinajstić information content (AvgIpc) is 2.50. The lowest BCUT2D eigenvalue weighted by Crippen LogP contribution is -2.36. The fourth-order valence-electron chi connectivity index (χ4n) is 1.38. The second-order valence-electron chi connectivity index (χ2n) is 2.62. The second kappa shape index (κ2) is 3.40. The molecular weight excluding hydrogens is 142 g/mol. The van der Waals surface area contributed by atoms with E-state index in [2.05, 4.69) is 0 Å². The molecule has 1 aliphatic rings. The van der Waals surface area contributed by atoms with Gasteiger partial charge in [-0.3, -0.25) is 4.79 Å². The highest BCUT2D eigenvalue weighted by molar-refractivity contribution is 5.93. The number of amides is 1. The highest BCUT2D eigenvalue weighted by Crippen LogP contribution is 2.15. The number of nitrogens with zero attached hydrogens (tertiary/aromatic N) is 1. The third-order valence-corrected chi connectivity index (χ3v) is 1.97. The molecule has 0 spiro atoms. The van der Waals surface area contributed by atoms with Gasteiger partial charge in [0.15, 0.2) is 0 Å². The number of carbonyl (C=O) groups excluding carboxylic acids is 1. The van der Waals surface area contributed by atoms with Gasteiger partial charge in [0, 0.05) is 6.54 Å². The zero-order chi connectivity index (χ0) is 8.27. The molecule has 0 bridgehead atoms. The minimum Gasteiger partial charge on any atom is -0.394 e. The molecule has 0 unspecified atom stereocenters. The number of terminal acetylenes is 1. The molecule has 60 valence electrons. The van der Waals surface area contributed by atoms with Crippen LogP contribution in [0.1, 0.15) is 12.8 Å². The summed E-state index contributed by atoms with van der Waals surface area (Å²) in [4.78, 5) is 12.5. The molecule has 0 aliphatic carbocycles. The van der Waals surface area contributed by atoms with E-state index < -0.39 is 0 Å². The van der Waals surface area contributed by atoms with Crippen LogP contribution in [0.5, 0.6) is 0 Å². The SMILES string of the molecule is C#CC(=O)N1CCC[C@H]1CO. The van der Waals surface area contributed by atoms with Gasteiger partial charge in [-0.15, -0.1) is 6.42 Å². The molecule has 3 heteroatoms. The highest BCUT2D eigenvalue weighted by Gasteiger charge is 2.26. The van der Waals surface area contributed by atoms with Crippen LogP contribution in [0.3, 0.4) is 0 Å². The molecular formula is C8H11NO2. The number of rotatable bonds is 1. The molecule has 0 radical (unpaired) electrons. The standard InChI is InChI=1S/C8H11NO2/c1-2-8(11)9-5-3-4-7(9)6-10/h1,7,10H,3-6H2/t7-/m0/s1. The molecule has 1 aliphatic heterocycles. The van der Waals surface area contributed by atoms with E-state index in [1.54, 1.807) is 4.90 Å². The monoisotopic (exact) mass is 153 g/mol. The van der Waals surface area contributed by atoms with Crippen molar-refractivity contribution in [2.24, 2.45) is 0 Å². The molecule has 1 heterocycles. The minimum atomic E-state index is -0.304. The van der Waals surface area contributed by atoms with Crippen LogP contribution in [-0.2, 0) is 4.79 Å². The number of hydrogen-bond donors (Lipinski definition) is 1. The van der Waals surface area contributed by atoms with Gasteiger partial charge in [-0.25, -0.2) is 0 Å². The predicted molar refractivity (Wildman–Crippen MR) is 40.7 cm³/mol. The van der Waals surface area contributed by atoms with Gasteiger partial charge in [0.1, 0.15) is 0 Å². The Bertz CT molecular complexity index is 195. The lowest BCUT2D eigenvalue weighted by Gasteiger charge is -2.19. The molecule has 0 aromatic heterocycles. The van der Waals surface area contributed by atoms with Gasteiger partial charge in [0.25, 0.3) is 5.91 Å². The normalized spacial score (nSPS) is 23.3. The first kappa shape index (κ1) is 8.09. The summed E-state index contributed by atoms with van der Waals surface area (Å²) in [5.74, 6) is 1.74. The van der Waals surface area contributed by atoms with Gasteiger partial charge in [0.2, 0.25) is 0 Å². The summed E-state index contributed by atoms with van der Waals surface area (Å²) < 4.78 is 0. The number of likely N-dealkylation sites (tertiary alicyclic amines) is 1. The molecule has 1 N–H and O–H groups in total. The van der Waals surface area contributed by atoms with Crippen LogP contribution in [0.4, 0.5) is 0 Å². The quantitative estimate of drug-likeness (QED) is 0.521. The van der Waals surface area contributed by atoms with Crippen molar-refractivity contribution >= 4 is 5.91 Å². The average molecular weight is 153 g/mol. The molecule has 1 fully saturated rings. The first-order valence-corrected chi connectivity index (χ1v) is 3.67. The van der Waals surface area contributed by atoms with Crippen molar-refractivity contribution in [2.45, 2.75) is 18.9 Å². The van der Waals surface area contributed by atoms with Gasteiger partial charge in [-0.05, 0) is 18.8 Å². The van der Waals surface area contributed by atoms with E-state index in [1.807, 2.05) is 5.92 Å². The smallest absolute Gasteiger partial charge is 0.298 e. The fraction of sp³-hybridized carbons (Fsp3) is 0.625. The number of hydrogen-bond acceptors (Lipinski definition) is 2. The summed E-state index contributed by atoms with van der Waals surface area (Å²) >= 11 is 0. The minimum absolute atomic E-state index is 0.0212. The Morgan fingerprint density at radius 3 is 3.09 bits per heavy atom. The maximum Gasteiger partial charge on any atom is 0.298 e. The highest BCUT2D eigenvalue weighted by atomic mass is 16.3. The summed E-state index contributed by atoms with van der Waals surface area (Å²) in [5.41, 5.74) is 0. The molecule has 1 atom stereocenters. The van der Waals surface area contributed by atoms with Gasteiger partial charge < -0.3 is 10.0 Å². The van der Waals surface area contributed by atoms with Gasteiger partial charge in [0.05, 0.1) is 12.6 Å². The van der Waals surface area contributed by atoms with E-state index in [0.29, 0.717) is 6.54 Å². The number of aliphatic hydroxyl groups is 1. The van der Waals surface area contributed by atoms with E-state index in [-0.39, 0.29) is 18.6 Å². The Morgan fingerprint density at radius 2 is 2.55 bits per heavy atom. The number of carbonyl (C=O) groups is 1. The first-order valence-electron chi connectivity index (χ1n) is 3.67. The van der Waals surface area contributed by atoms with Crippen LogP contribution in [0, 0.1) is 12.3 Å². The fourth-order valence-corrected chi connectivity index (χ4v) is 1.38. The maximum absolute atomic E-state index is 11.0. The Balaban J connectivity index is 2.58. The lowest BCUT2D eigenvalue weighted by atomic mass is 10.2. The van der Waals surface area contributed by atoms with E-state index in [9.17, 15) is 4.79 Å². The van der Waals surface area contributed by atoms with Gasteiger partial charge >= 0.3 is 0 Å². The van der Waals surface area contributed by atoms with Crippen LogP contribution in [-0.4, -0.2) is 35.1 Å². The third kappa shape index (κ3) is 1.52. The molecule has 1 saturated heterocycles. The van der Waals surface area contributed by atoms with E-state index in [4.69, 9.17) is 11.5 Å². The second-order valence-corrected chi connectivity index (χ2v) is 2.62. The molecule has 3 nitrogen and oxygen atoms in total. The largest absolute Gasteiger partial charge is 0.394 e. The van der Waals surface area contributed by atoms with Crippen molar-refractivity contribution in [3.05, 3.63) is 0 Å². The third-order valence-electron chi connectivity index (χ3n) is 1.97. The Labute approximate surface area is 66.0 Å². The van der Waals surface area contributed by atoms with E-state index in [0.717, 1.165) is 12.8 Å². The zero-order valence-electron chi connectivity index (χ0n) is 6.29. The van der Waals surface area contributed by atoms with E-state index >= 15 is 0 Å². The van der Waals surface area contributed by atoms with Gasteiger partial charge in [-0.2, -0.15) is 0 Å². The molecule has 11 heavy (non-hydrogen) atoms.